The first-order valence-corrected chi connectivity index (χ1v) is 6.55. The smallest absolute Gasteiger partial charge is 0.334 e. The van der Waals surface area contributed by atoms with E-state index in [9.17, 15) is 9.59 Å². The molecular weight excluding hydrogens is 236 g/mol. The number of morpholine rings is 1. The van der Waals surface area contributed by atoms with Crippen molar-refractivity contribution in [1.29, 1.82) is 0 Å². The maximum absolute atomic E-state index is 12.4. The van der Waals surface area contributed by atoms with Gasteiger partial charge in [-0.2, -0.15) is 0 Å². The van der Waals surface area contributed by atoms with E-state index >= 15 is 0 Å². The number of aliphatic carboxylic acids is 1. The Balaban J connectivity index is 1.64. The standard InChI is InChI=1S/C12H18N2O4/c15-11(16)10-7-13(3-4-18-10)12(17)14-6-8-1-2-9(14)5-8/h8-10H,1-7H2,(H,15,16). The summed E-state index contributed by atoms with van der Waals surface area (Å²) < 4.78 is 5.13. The van der Waals surface area contributed by atoms with E-state index in [2.05, 4.69) is 0 Å². The van der Waals surface area contributed by atoms with Gasteiger partial charge < -0.3 is 19.6 Å². The third-order valence-electron chi connectivity index (χ3n) is 4.27. The minimum atomic E-state index is -0.990. The van der Waals surface area contributed by atoms with Crippen molar-refractivity contribution >= 4 is 12.0 Å². The van der Waals surface area contributed by atoms with Gasteiger partial charge in [-0.3, -0.25) is 0 Å². The number of rotatable bonds is 1. The van der Waals surface area contributed by atoms with E-state index in [0.717, 1.165) is 19.4 Å². The summed E-state index contributed by atoms with van der Waals surface area (Å²) in [7, 11) is 0. The van der Waals surface area contributed by atoms with Gasteiger partial charge in [0.05, 0.1) is 13.2 Å². The van der Waals surface area contributed by atoms with Gasteiger partial charge in [0.1, 0.15) is 0 Å². The van der Waals surface area contributed by atoms with Crippen LogP contribution in [-0.2, 0) is 9.53 Å². The fraction of sp³-hybridized carbons (Fsp3) is 0.833. The molecule has 6 nitrogen and oxygen atoms in total. The molecular formula is C12H18N2O4. The molecule has 2 aliphatic heterocycles. The quantitative estimate of drug-likeness (QED) is 0.734. The molecule has 2 amide bonds. The van der Waals surface area contributed by atoms with Gasteiger partial charge in [0.25, 0.3) is 0 Å². The van der Waals surface area contributed by atoms with Gasteiger partial charge in [-0.25, -0.2) is 9.59 Å². The summed E-state index contributed by atoms with van der Waals surface area (Å²) >= 11 is 0. The first-order valence-electron chi connectivity index (χ1n) is 6.55. The van der Waals surface area contributed by atoms with Crippen LogP contribution in [0.1, 0.15) is 19.3 Å². The van der Waals surface area contributed by atoms with Gasteiger partial charge in [0, 0.05) is 19.1 Å². The lowest BCUT2D eigenvalue weighted by atomic mass is 10.1. The van der Waals surface area contributed by atoms with Crippen LogP contribution in [0.15, 0.2) is 0 Å². The van der Waals surface area contributed by atoms with Gasteiger partial charge in [-0.05, 0) is 25.2 Å². The van der Waals surface area contributed by atoms with Crippen molar-refractivity contribution in [2.24, 2.45) is 5.92 Å². The summed E-state index contributed by atoms with van der Waals surface area (Å²) in [4.78, 5) is 26.8. The second-order valence-corrected chi connectivity index (χ2v) is 5.41. The number of carbonyl (C=O) groups is 2. The molecule has 0 spiro atoms. The summed E-state index contributed by atoms with van der Waals surface area (Å²) in [5.74, 6) is -0.328. The largest absolute Gasteiger partial charge is 0.479 e. The van der Waals surface area contributed by atoms with Crippen molar-refractivity contribution in [3.63, 3.8) is 0 Å². The van der Waals surface area contributed by atoms with E-state index < -0.39 is 12.1 Å². The van der Waals surface area contributed by atoms with Crippen LogP contribution in [0.3, 0.4) is 0 Å². The highest BCUT2D eigenvalue weighted by Gasteiger charge is 2.42. The molecule has 3 fully saturated rings. The Morgan fingerprint density at radius 2 is 2.06 bits per heavy atom. The predicted octanol–water partition coefficient (Wildman–Crippen LogP) is 0.376. The number of likely N-dealkylation sites (tertiary alicyclic amines) is 1. The number of piperidine rings is 1. The number of hydrogen-bond donors (Lipinski definition) is 1. The highest BCUT2D eigenvalue weighted by Crippen LogP contribution is 2.37. The molecule has 0 aromatic rings. The zero-order valence-electron chi connectivity index (χ0n) is 10.2. The zero-order chi connectivity index (χ0) is 12.7. The summed E-state index contributed by atoms with van der Waals surface area (Å²) in [6, 6.07) is 0.380. The van der Waals surface area contributed by atoms with Crippen LogP contribution in [0.4, 0.5) is 4.79 Å². The van der Waals surface area contributed by atoms with E-state index in [1.807, 2.05) is 4.90 Å². The van der Waals surface area contributed by atoms with Crippen LogP contribution in [-0.4, -0.2) is 65.3 Å². The van der Waals surface area contributed by atoms with Gasteiger partial charge >= 0.3 is 12.0 Å². The summed E-state index contributed by atoms with van der Waals surface area (Å²) in [5, 5.41) is 8.93. The molecule has 3 aliphatic rings. The Morgan fingerprint density at radius 3 is 2.67 bits per heavy atom. The van der Waals surface area contributed by atoms with Gasteiger partial charge in [-0.15, -0.1) is 0 Å². The first kappa shape index (κ1) is 11.8. The third-order valence-corrected chi connectivity index (χ3v) is 4.27. The topological polar surface area (TPSA) is 70.1 Å². The lowest BCUT2D eigenvalue weighted by Crippen LogP contribution is -2.54. The molecule has 2 heterocycles. The second kappa shape index (κ2) is 4.42. The summed E-state index contributed by atoms with van der Waals surface area (Å²) in [5.41, 5.74) is 0. The molecule has 3 unspecified atom stereocenters. The van der Waals surface area contributed by atoms with Crippen LogP contribution < -0.4 is 0 Å². The number of urea groups is 1. The van der Waals surface area contributed by atoms with Gasteiger partial charge in [-0.1, -0.05) is 0 Å². The van der Waals surface area contributed by atoms with E-state index in [-0.39, 0.29) is 12.6 Å². The molecule has 1 saturated carbocycles. The molecule has 3 atom stereocenters. The van der Waals surface area contributed by atoms with Crippen molar-refractivity contribution in [2.45, 2.75) is 31.4 Å². The fourth-order valence-electron chi connectivity index (χ4n) is 3.31. The summed E-state index contributed by atoms with van der Waals surface area (Å²) in [6.45, 7) is 1.82. The van der Waals surface area contributed by atoms with E-state index in [1.54, 1.807) is 4.90 Å². The highest BCUT2D eigenvalue weighted by atomic mass is 16.5. The van der Waals surface area contributed by atoms with Crippen LogP contribution in [0, 0.1) is 5.92 Å². The minimum Gasteiger partial charge on any atom is -0.479 e. The minimum absolute atomic E-state index is 0.00301. The molecule has 0 aromatic heterocycles. The van der Waals surface area contributed by atoms with E-state index in [0.29, 0.717) is 25.1 Å². The number of nitrogens with zero attached hydrogens (tertiary/aromatic N) is 2. The predicted molar refractivity (Wildman–Crippen MR) is 62.2 cm³/mol. The number of fused-ring (bicyclic) bond motifs is 2. The number of carboxylic acid groups (broad SMARTS) is 1. The Bertz CT molecular complexity index is 373. The SMILES string of the molecule is O=C(O)C1CN(C(=O)N2CC3CCC2C3)CCO1. The molecule has 18 heavy (non-hydrogen) atoms. The normalized spacial score (nSPS) is 35.0. The molecule has 6 heteroatoms. The van der Waals surface area contributed by atoms with E-state index in [1.165, 1.54) is 6.42 Å². The molecule has 1 N–H and O–H groups in total. The Hall–Kier alpha value is -1.30. The lowest BCUT2D eigenvalue weighted by molar-refractivity contribution is -0.154. The number of carbonyl (C=O) groups excluding carboxylic acids is 1. The highest BCUT2D eigenvalue weighted by molar-refractivity contribution is 5.78. The molecule has 100 valence electrons. The zero-order valence-corrected chi connectivity index (χ0v) is 10.2. The summed E-state index contributed by atoms with van der Waals surface area (Å²) in [6.07, 6.45) is 2.58. The van der Waals surface area contributed by atoms with Crippen LogP contribution in [0.5, 0.6) is 0 Å². The lowest BCUT2D eigenvalue weighted by Gasteiger charge is -2.36. The molecule has 3 rings (SSSR count). The van der Waals surface area contributed by atoms with E-state index in [4.69, 9.17) is 9.84 Å². The number of amides is 2. The number of ether oxygens (including phenoxy) is 1. The van der Waals surface area contributed by atoms with Crippen molar-refractivity contribution in [3.05, 3.63) is 0 Å². The molecule has 2 bridgehead atoms. The molecule has 1 aliphatic carbocycles. The van der Waals surface area contributed by atoms with Gasteiger partial charge in [0.2, 0.25) is 0 Å². The van der Waals surface area contributed by atoms with Crippen LogP contribution in [0.25, 0.3) is 0 Å². The van der Waals surface area contributed by atoms with Gasteiger partial charge in [0.15, 0.2) is 6.10 Å². The molecule has 0 aromatic carbocycles. The average Bonchev–Trinajstić information content (AvgIpc) is 3.00. The van der Waals surface area contributed by atoms with Crippen molar-refractivity contribution in [1.82, 2.24) is 9.80 Å². The maximum Gasteiger partial charge on any atom is 0.334 e. The van der Waals surface area contributed by atoms with Crippen LogP contribution >= 0.6 is 0 Å². The number of carboxylic acids is 1. The first-order chi connectivity index (χ1) is 8.65. The van der Waals surface area contributed by atoms with Crippen LogP contribution in [0.2, 0.25) is 0 Å². The van der Waals surface area contributed by atoms with Crippen molar-refractivity contribution in [3.8, 4) is 0 Å². The Morgan fingerprint density at radius 1 is 1.22 bits per heavy atom. The molecule has 0 radical (unpaired) electrons. The average molecular weight is 254 g/mol. The van der Waals surface area contributed by atoms with Crippen molar-refractivity contribution < 1.29 is 19.4 Å². The van der Waals surface area contributed by atoms with Crippen molar-refractivity contribution in [2.75, 3.05) is 26.2 Å². The fourth-order valence-corrected chi connectivity index (χ4v) is 3.31. The monoisotopic (exact) mass is 254 g/mol. The maximum atomic E-state index is 12.4. The molecule has 2 saturated heterocycles. The Labute approximate surface area is 105 Å². The Kier molecular flexibility index (Phi) is 2.89. The third kappa shape index (κ3) is 1.94. The second-order valence-electron chi connectivity index (χ2n) is 5.41. The number of hydrogen-bond acceptors (Lipinski definition) is 3.